The Morgan fingerprint density at radius 2 is 1.86 bits per heavy atom. The third kappa shape index (κ3) is 5.29. The van der Waals surface area contributed by atoms with Gasteiger partial charge >= 0.3 is 6.16 Å². The predicted octanol–water partition coefficient (Wildman–Crippen LogP) is 3.91. The van der Waals surface area contributed by atoms with Crippen molar-refractivity contribution in [2.45, 2.75) is 38.0 Å². The molecule has 0 atom stereocenters. The van der Waals surface area contributed by atoms with Crippen LogP contribution in [0.1, 0.15) is 43.6 Å². The summed E-state index contributed by atoms with van der Waals surface area (Å²) in [4.78, 5) is 19.2. The van der Waals surface area contributed by atoms with Gasteiger partial charge in [0.2, 0.25) is 0 Å². The summed E-state index contributed by atoms with van der Waals surface area (Å²) in [6, 6.07) is 5.58. The van der Waals surface area contributed by atoms with E-state index in [0.29, 0.717) is 11.6 Å². The quantitative estimate of drug-likeness (QED) is 0.575. The molecule has 0 aliphatic heterocycles. The standard InChI is InChI=1S/C13H18N2O2.CH2O3/c1-14-12-8-7-11(9-13(12)15(16)17)10-5-3-2-4-6-10;2-1(3)4/h7-10,14H,2-6H2,1H3;(H2,2,3,4). The maximum atomic E-state index is 11.0. The van der Waals surface area contributed by atoms with Crippen molar-refractivity contribution in [1.29, 1.82) is 0 Å². The minimum atomic E-state index is -1.83. The molecule has 21 heavy (non-hydrogen) atoms. The number of anilines is 1. The number of nitro benzene ring substituents is 1. The third-order valence-corrected chi connectivity index (χ3v) is 3.56. The Balaban J connectivity index is 0.000000491. The smallest absolute Gasteiger partial charge is 0.450 e. The van der Waals surface area contributed by atoms with Gasteiger partial charge in [-0.25, -0.2) is 4.79 Å². The van der Waals surface area contributed by atoms with Crippen molar-refractivity contribution in [2.75, 3.05) is 12.4 Å². The van der Waals surface area contributed by atoms with Gasteiger partial charge in [0, 0.05) is 13.1 Å². The molecule has 1 fully saturated rings. The van der Waals surface area contributed by atoms with Crippen LogP contribution in [0.5, 0.6) is 0 Å². The summed E-state index contributed by atoms with van der Waals surface area (Å²) in [5.41, 5.74) is 1.90. The van der Waals surface area contributed by atoms with Gasteiger partial charge in [-0.05, 0) is 30.4 Å². The second-order valence-corrected chi connectivity index (χ2v) is 4.90. The van der Waals surface area contributed by atoms with Crippen LogP contribution in [0.15, 0.2) is 18.2 Å². The van der Waals surface area contributed by atoms with Crippen LogP contribution in [0, 0.1) is 10.1 Å². The number of rotatable bonds is 3. The van der Waals surface area contributed by atoms with Crippen molar-refractivity contribution in [3.05, 3.63) is 33.9 Å². The van der Waals surface area contributed by atoms with Crippen molar-refractivity contribution in [3.8, 4) is 0 Å². The van der Waals surface area contributed by atoms with E-state index in [0.717, 1.165) is 18.4 Å². The van der Waals surface area contributed by atoms with E-state index >= 15 is 0 Å². The zero-order chi connectivity index (χ0) is 15.8. The summed E-state index contributed by atoms with van der Waals surface area (Å²) < 4.78 is 0. The van der Waals surface area contributed by atoms with Gasteiger partial charge in [-0.3, -0.25) is 10.1 Å². The molecule has 0 saturated heterocycles. The van der Waals surface area contributed by atoms with Gasteiger partial charge in [0.25, 0.3) is 5.69 Å². The third-order valence-electron chi connectivity index (χ3n) is 3.56. The van der Waals surface area contributed by atoms with Crippen LogP contribution in [-0.2, 0) is 0 Å². The van der Waals surface area contributed by atoms with E-state index in [1.807, 2.05) is 12.1 Å². The van der Waals surface area contributed by atoms with E-state index in [2.05, 4.69) is 5.32 Å². The molecule has 7 heteroatoms. The van der Waals surface area contributed by atoms with Crippen LogP contribution in [0.4, 0.5) is 16.2 Å². The fourth-order valence-corrected chi connectivity index (χ4v) is 2.60. The number of carboxylic acid groups (broad SMARTS) is 2. The molecule has 1 aliphatic carbocycles. The molecule has 2 rings (SSSR count). The first-order chi connectivity index (χ1) is 9.95. The van der Waals surface area contributed by atoms with Crippen molar-refractivity contribution in [2.24, 2.45) is 0 Å². The fraction of sp³-hybridized carbons (Fsp3) is 0.500. The second kappa shape index (κ2) is 8.08. The van der Waals surface area contributed by atoms with E-state index in [1.54, 1.807) is 13.1 Å². The Morgan fingerprint density at radius 1 is 1.29 bits per heavy atom. The molecule has 1 aromatic rings. The van der Waals surface area contributed by atoms with Gasteiger partial charge in [-0.15, -0.1) is 0 Å². The first-order valence-electron chi connectivity index (χ1n) is 6.83. The van der Waals surface area contributed by atoms with Crippen molar-refractivity contribution in [3.63, 3.8) is 0 Å². The van der Waals surface area contributed by atoms with Crippen LogP contribution in [0.3, 0.4) is 0 Å². The van der Waals surface area contributed by atoms with Crippen LogP contribution < -0.4 is 5.32 Å². The van der Waals surface area contributed by atoms with E-state index in [-0.39, 0.29) is 10.6 Å². The summed E-state index contributed by atoms with van der Waals surface area (Å²) in [7, 11) is 1.71. The highest BCUT2D eigenvalue weighted by atomic mass is 16.6. The average Bonchev–Trinajstić information content (AvgIpc) is 2.47. The topological polar surface area (TPSA) is 113 Å². The second-order valence-electron chi connectivity index (χ2n) is 4.90. The van der Waals surface area contributed by atoms with E-state index in [4.69, 9.17) is 15.0 Å². The number of nitro groups is 1. The minimum Gasteiger partial charge on any atom is -0.450 e. The first kappa shape index (κ1) is 16.7. The zero-order valence-electron chi connectivity index (χ0n) is 11.9. The molecular weight excluding hydrogens is 276 g/mol. The zero-order valence-corrected chi connectivity index (χ0v) is 11.9. The normalized spacial score (nSPS) is 14.7. The summed E-state index contributed by atoms with van der Waals surface area (Å²) in [5, 5.41) is 27.8. The SMILES string of the molecule is CNc1ccc(C2CCCCC2)cc1[N+](=O)[O-].O=C(O)O. The Kier molecular flexibility index (Phi) is 6.45. The average molecular weight is 296 g/mol. The minimum absolute atomic E-state index is 0.190. The molecule has 0 bridgehead atoms. The maximum absolute atomic E-state index is 11.0. The van der Waals surface area contributed by atoms with Crippen molar-refractivity contribution >= 4 is 17.5 Å². The fourth-order valence-electron chi connectivity index (χ4n) is 2.60. The lowest BCUT2D eigenvalue weighted by Gasteiger charge is -2.22. The lowest BCUT2D eigenvalue weighted by Crippen LogP contribution is -2.06. The molecule has 0 amide bonds. The number of hydrogen-bond donors (Lipinski definition) is 3. The monoisotopic (exact) mass is 296 g/mol. The number of hydrogen-bond acceptors (Lipinski definition) is 4. The van der Waals surface area contributed by atoms with E-state index < -0.39 is 6.16 Å². The van der Waals surface area contributed by atoms with Crippen LogP contribution in [-0.4, -0.2) is 28.3 Å². The number of benzene rings is 1. The highest BCUT2D eigenvalue weighted by Crippen LogP contribution is 2.36. The number of nitrogens with zero attached hydrogens (tertiary/aromatic N) is 1. The van der Waals surface area contributed by atoms with Gasteiger partial charge in [-0.2, -0.15) is 0 Å². The van der Waals surface area contributed by atoms with E-state index in [9.17, 15) is 10.1 Å². The van der Waals surface area contributed by atoms with Gasteiger partial charge in [0.15, 0.2) is 0 Å². The molecule has 0 spiro atoms. The molecule has 0 radical (unpaired) electrons. The summed E-state index contributed by atoms with van der Waals surface area (Å²) >= 11 is 0. The molecule has 0 unspecified atom stereocenters. The number of carbonyl (C=O) groups is 1. The maximum Gasteiger partial charge on any atom is 0.503 e. The molecule has 1 saturated carbocycles. The largest absolute Gasteiger partial charge is 0.503 e. The lowest BCUT2D eigenvalue weighted by atomic mass is 9.84. The lowest BCUT2D eigenvalue weighted by molar-refractivity contribution is -0.384. The van der Waals surface area contributed by atoms with Crippen LogP contribution in [0.25, 0.3) is 0 Å². The highest BCUT2D eigenvalue weighted by Gasteiger charge is 2.20. The molecule has 7 nitrogen and oxygen atoms in total. The first-order valence-corrected chi connectivity index (χ1v) is 6.83. The van der Waals surface area contributed by atoms with Gasteiger partial charge in [0.05, 0.1) is 4.92 Å². The Bertz CT molecular complexity index is 494. The molecule has 0 heterocycles. The molecule has 116 valence electrons. The van der Waals surface area contributed by atoms with Crippen LogP contribution in [0.2, 0.25) is 0 Å². The van der Waals surface area contributed by atoms with Gasteiger partial charge in [0.1, 0.15) is 5.69 Å². The number of nitrogens with one attached hydrogen (secondary N) is 1. The predicted molar refractivity (Wildman–Crippen MR) is 79.1 cm³/mol. The molecular formula is C14H20N2O5. The summed E-state index contributed by atoms with van der Waals surface area (Å²) in [6.45, 7) is 0. The Hall–Kier alpha value is -2.31. The van der Waals surface area contributed by atoms with Crippen LogP contribution >= 0.6 is 0 Å². The van der Waals surface area contributed by atoms with Crippen molar-refractivity contribution in [1.82, 2.24) is 0 Å². The molecule has 0 aromatic heterocycles. The Morgan fingerprint density at radius 3 is 2.33 bits per heavy atom. The van der Waals surface area contributed by atoms with Gasteiger partial charge < -0.3 is 15.5 Å². The summed E-state index contributed by atoms with van der Waals surface area (Å²) in [5.74, 6) is 0.508. The van der Waals surface area contributed by atoms with Crippen molar-refractivity contribution < 1.29 is 19.9 Å². The highest BCUT2D eigenvalue weighted by molar-refractivity contribution is 5.62. The Labute approximate surface area is 122 Å². The van der Waals surface area contributed by atoms with Gasteiger partial charge in [-0.1, -0.05) is 25.3 Å². The van der Waals surface area contributed by atoms with E-state index in [1.165, 1.54) is 19.3 Å². The molecule has 1 aliphatic rings. The molecule has 1 aromatic carbocycles. The summed E-state index contributed by atoms with van der Waals surface area (Å²) in [6.07, 6.45) is 4.28. The molecule has 3 N–H and O–H groups in total.